The number of carbonyl (C=O) groups is 2. The monoisotopic (exact) mass is 281 g/mol. The minimum absolute atomic E-state index is 0.0277. The summed E-state index contributed by atoms with van der Waals surface area (Å²) in [4.78, 5) is 30.4. The Morgan fingerprint density at radius 1 is 1.47 bits per heavy atom. The van der Waals surface area contributed by atoms with Crippen molar-refractivity contribution < 1.29 is 9.59 Å². The number of aryl methyl sites for hydroxylation is 2. The van der Waals surface area contributed by atoms with Gasteiger partial charge in [0.05, 0.1) is 17.1 Å². The summed E-state index contributed by atoms with van der Waals surface area (Å²) in [5, 5.41) is 3.84. The number of aromatic nitrogens is 1. The predicted octanol–water partition coefficient (Wildman–Crippen LogP) is 1.04. The molecule has 1 aromatic rings. The van der Waals surface area contributed by atoms with Gasteiger partial charge in [-0.05, 0) is 20.3 Å². The van der Waals surface area contributed by atoms with Crippen molar-refractivity contribution in [1.29, 1.82) is 0 Å². The van der Waals surface area contributed by atoms with Crippen LogP contribution in [0.1, 0.15) is 28.4 Å². The Kier molecular flexibility index (Phi) is 4.52. The number of carbonyl (C=O) groups excluding carboxylic acids is 2. The van der Waals surface area contributed by atoms with Crippen LogP contribution >= 0.6 is 11.3 Å². The summed E-state index contributed by atoms with van der Waals surface area (Å²) in [6.07, 6.45) is 1.90. The Hall–Kier alpha value is -1.43. The number of amides is 2. The van der Waals surface area contributed by atoms with Gasteiger partial charge < -0.3 is 10.2 Å². The Bertz CT molecular complexity index is 484. The Labute approximate surface area is 117 Å². The smallest absolute Gasteiger partial charge is 0.226 e. The van der Waals surface area contributed by atoms with Crippen molar-refractivity contribution in [2.75, 3.05) is 19.6 Å². The highest BCUT2D eigenvalue weighted by Gasteiger charge is 2.19. The van der Waals surface area contributed by atoms with Gasteiger partial charge in [0.2, 0.25) is 11.8 Å². The third-order valence-electron chi connectivity index (χ3n) is 3.20. The number of rotatable bonds is 5. The maximum atomic E-state index is 11.8. The van der Waals surface area contributed by atoms with E-state index in [2.05, 4.69) is 10.3 Å². The second-order valence-electron chi connectivity index (χ2n) is 4.75. The Balaban J connectivity index is 1.73. The molecular formula is C13H19N3O2S. The zero-order valence-electron chi connectivity index (χ0n) is 11.4. The van der Waals surface area contributed by atoms with Crippen LogP contribution in [0.3, 0.4) is 0 Å². The summed E-state index contributed by atoms with van der Waals surface area (Å²) in [5.74, 6) is 0.167. The second kappa shape index (κ2) is 6.14. The summed E-state index contributed by atoms with van der Waals surface area (Å²) < 4.78 is 0. The summed E-state index contributed by atoms with van der Waals surface area (Å²) in [5.41, 5.74) is 0.859. The molecule has 1 fully saturated rings. The van der Waals surface area contributed by atoms with Crippen molar-refractivity contribution >= 4 is 23.2 Å². The molecule has 0 bridgehead atoms. The molecule has 0 radical (unpaired) electrons. The molecular weight excluding hydrogens is 262 g/mol. The molecule has 1 aromatic heterocycles. The maximum Gasteiger partial charge on any atom is 0.226 e. The lowest BCUT2D eigenvalue weighted by atomic mass is 10.2. The van der Waals surface area contributed by atoms with Crippen LogP contribution in [0.2, 0.25) is 0 Å². The van der Waals surface area contributed by atoms with E-state index in [4.69, 9.17) is 0 Å². The van der Waals surface area contributed by atoms with Gasteiger partial charge in [0, 0.05) is 30.9 Å². The molecule has 1 N–H and O–H groups in total. The van der Waals surface area contributed by atoms with Crippen molar-refractivity contribution in [2.45, 2.75) is 33.1 Å². The molecule has 1 aliphatic rings. The predicted molar refractivity (Wildman–Crippen MR) is 74.1 cm³/mol. The summed E-state index contributed by atoms with van der Waals surface area (Å²) >= 11 is 1.61. The van der Waals surface area contributed by atoms with Gasteiger partial charge in [-0.2, -0.15) is 0 Å². The fourth-order valence-electron chi connectivity index (χ4n) is 2.22. The van der Waals surface area contributed by atoms with E-state index in [1.54, 1.807) is 16.2 Å². The van der Waals surface area contributed by atoms with Gasteiger partial charge in [-0.25, -0.2) is 4.98 Å². The minimum atomic E-state index is -0.0277. The van der Waals surface area contributed by atoms with E-state index in [0.29, 0.717) is 25.9 Å². The molecule has 0 aromatic carbocycles. The molecule has 1 saturated heterocycles. The standard InChI is InChI=1S/C13H19N3O2S/c1-9-11(15-10(2)19-9)8-12(17)14-5-7-16-6-3-4-13(16)18/h3-8H2,1-2H3,(H,14,17). The summed E-state index contributed by atoms with van der Waals surface area (Å²) in [6.45, 7) is 5.87. The Morgan fingerprint density at radius 3 is 2.84 bits per heavy atom. The maximum absolute atomic E-state index is 11.8. The average Bonchev–Trinajstić information content (AvgIpc) is 2.86. The number of nitrogens with zero attached hydrogens (tertiary/aromatic N) is 2. The molecule has 0 atom stereocenters. The quantitative estimate of drug-likeness (QED) is 0.877. The lowest BCUT2D eigenvalue weighted by Crippen LogP contribution is -2.36. The first-order valence-corrected chi connectivity index (χ1v) is 7.35. The first-order valence-electron chi connectivity index (χ1n) is 6.53. The van der Waals surface area contributed by atoms with Gasteiger partial charge in [-0.15, -0.1) is 11.3 Å². The highest BCUT2D eigenvalue weighted by Crippen LogP contribution is 2.16. The normalized spacial score (nSPS) is 15.1. The lowest BCUT2D eigenvalue weighted by Gasteiger charge is -2.15. The third-order valence-corrected chi connectivity index (χ3v) is 4.13. The molecule has 1 aliphatic heterocycles. The number of likely N-dealkylation sites (tertiary alicyclic amines) is 1. The number of hydrogen-bond donors (Lipinski definition) is 1. The molecule has 0 unspecified atom stereocenters. The molecule has 2 amide bonds. The van der Waals surface area contributed by atoms with E-state index in [1.165, 1.54) is 0 Å². The van der Waals surface area contributed by atoms with E-state index in [9.17, 15) is 9.59 Å². The van der Waals surface area contributed by atoms with Gasteiger partial charge in [0.1, 0.15) is 0 Å². The molecule has 0 spiro atoms. The zero-order valence-corrected chi connectivity index (χ0v) is 12.2. The van der Waals surface area contributed by atoms with Gasteiger partial charge in [-0.3, -0.25) is 9.59 Å². The minimum Gasteiger partial charge on any atom is -0.354 e. The summed E-state index contributed by atoms with van der Waals surface area (Å²) in [7, 11) is 0. The molecule has 6 heteroatoms. The molecule has 0 saturated carbocycles. The topological polar surface area (TPSA) is 62.3 Å². The third kappa shape index (κ3) is 3.76. The van der Waals surface area contributed by atoms with Crippen LogP contribution in [0.15, 0.2) is 0 Å². The van der Waals surface area contributed by atoms with Crippen molar-refractivity contribution in [3.63, 3.8) is 0 Å². The molecule has 104 valence electrons. The van der Waals surface area contributed by atoms with Gasteiger partial charge in [-0.1, -0.05) is 0 Å². The van der Waals surface area contributed by atoms with Crippen molar-refractivity contribution in [2.24, 2.45) is 0 Å². The molecule has 2 heterocycles. The first-order chi connectivity index (χ1) is 9.06. The molecule has 2 rings (SSSR count). The van der Waals surface area contributed by atoms with Crippen molar-refractivity contribution in [1.82, 2.24) is 15.2 Å². The van der Waals surface area contributed by atoms with Crippen molar-refractivity contribution in [3.8, 4) is 0 Å². The van der Waals surface area contributed by atoms with E-state index in [-0.39, 0.29) is 11.8 Å². The molecule has 5 nitrogen and oxygen atoms in total. The number of nitrogens with one attached hydrogen (secondary N) is 1. The highest BCUT2D eigenvalue weighted by atomic mass is 32.1. The van der Waals surface area contributed by atoms with Crippen LogP contribution < -0.4 is 5.32 Å². The van der Waals surface area contributed by atoms with Crippen LogP contribution in [0.5, 0.6) is 0 Å². The molecule has 0 aliphatic carbocycles. The molecule has 19 heavy (non-hydrogen) atoms. The van der Waals surface area contributed by atoms with Crippen molar-refractivity contribution in [3.05, 3.63) is 15.6 Å². The van der Waals surface area contributed by atoms with E-state index in [1.807, 2.05) is 13.8 Å². The second-order valence-corrected chi connectivity index (χ2v) is 6.15. The van der Waals surface area contributed by atoms with Crippen LogP contribution in [-0.2, 0) is 16.0 Å². The van der Waals surface area contributed by atoms with Crippen LogP contribution in [0.25, 0.3) is 0 Å². The van der Waals surface area contributed by atoms with Gasteiger partial charge in [0.25, 0.3) is 0 Å². The average molecular weight is 281 g/mol. The number of hydrogen-bond acceptors (Lipinski definition) is 4. The Morgan fingerprint density at radius 2 is 2.26 bits per heavy atom. The fourth-order valence-corrected chi connectivity index (χ4v) is 3.06. The van der Waals surface area contributed by atoms with E-state index >= 15 is 0 Å². The van der Waals surface area contributed by atoms with Crippen LogP contribution in [-0.4, -0.2) is 41.3 Å². The SMILES string of the molecule is Cc1nc(CC(=O)NCCN2CCCC2=O)c(C)s1. The fraction of sp³-hybridized carbons (Fsp3) is 0.615. The van der Waals surface area contributed by atoms with Gasteiger partial charge >= 0.3 is 0 Å². The number of thiazole rings is 1. The first kappa shape index (κ1) is 14.0. The largest absolute Gasteiger partial charge is 0.354 e. The van der Waals surface area contributed by atoms with E-state index < -0.39 is 0 Å². The van der Waals surface area contributed by atoms with Gasteiger partial charge in [0.15, 0.2) is 0 Å². The van der Waals surface area contributed by atoms with Crippen LogP contribution in [0.4, 0.5) is 0 Å². The van der Waals surface area contributed by atoms with Crippen LogP contribution in [0, 0.1) is 13.8 Å². The highest BCUT2D eigenvalue weighted by molar-refractivity contribution is 7.11. The van der Waals surface area contributed by atoms with E-state index in [0.717, 1.165) is 28.5 Å². The zero-order chi connectivity index (χ0) is 13.8. The summed E-state index contributed by atoms with van der Waals surface area (Å²) in [6, 6.07) is 0. The lowest BCUT2D eigenvalue weighted by molar-refractivity contribution is -0.128.